The normalized spacial score (nSPS) is 14.7. The number of para-hydroxylation sites is 1. The molecule has 176 valence electrons. The molecule has 3 aromatic rings. The van der Waals surface area contributed by atoms with Gasteiger partial charge in [0.05, 0.1) is 16.6 Å². The molecule has 2 heterocycles. The highest BCUT2D eigenvalue weighted by Gasteiger charge is 2.37. The van der Waals surface area contributed by atoms with Gasteiger partial charge in [0.2, 0.25) is 0 Å². The van der Waals surface area contributed by atoms with Crippen LogP contribution in [0.4, 0.5) is 13.2 Å². The van der Waals surface area contributed by atoms with Crippen LogP contribution in [0.1, 0.15) is 50.6 Å². The van der Waals surface area contributed by atoms with Crippen molar-refractivity contribution in [2.75, 3.05) is 13.1 Å². The first kappa shape index (κ1) is 23.2. The number of likely N-dealkylation sites (tertiary alicyclic amines) is 1. The van der Waals surface area contributed by atoms with Gasteiger partial charge in [0.1, 0.15) is 0 Å². The summed E-state index contributed by atoms with van der Waals surface area (Å²) < 4.78 is 41.4. The first-order valence-electron chi connectivity index (χ1n) is 10.6. The molecule has 1 aromatic heterocycles. The Bertz CT molecular complexity index is 1280. The smallest absolute Gasteiger partial charge is 0.370 e. The monoisotopic (exact) mass is 469 g/mol. The highest BCUT2D eigenvalue weighted by Crippen LogP contribution is 2.39. The third kappa shape index (κ3) is 4.85. The second-order valence-corrected chi connectivity index (χ2v) is 8.12. The number of hydrogen-bond acceptors (Lipinski definition) is 3. The predicted octanol–water partition coefficient (Wildman–Crippen LogP) is 3.69. The van der Waals surface area contributed by atoms with Gasteiger partial charge in [-0.1, -0.05) is 24.3 Å². The molecule has 4 N–H and O–H groups in total. The van der Waals surface area contributed by atoms with E-state index in [2.05, 4.69) is 9.98 Å². The number of benzene rings is 2. The number of piperidine rings is 1. The van der Waals surface area contributed by atoms with Crippen molar-refractivity contribution in [3.63, 3.8) is 0 Å². The SMILES string of the molecule is NC(N)=NC(=O)c1ccc(C2CCN(C(=O)c3cnc4ccccc4c3)CC2)c(C(F)(F)F)c1. The van der Waals surface area contributed by atoms with Crippen molar-refractivity contribution in [1.82, 2.24) is 9.88 Å². The minimum Gasteiger partial charge on any atom is -0.370 e. The van der Waals surface area contributed by atoms with E-state index in [1.165, 1.54) is 18.3 Å². The zero-order valence-electron chi connectivity index (χ0n) is 18.0. The molecule has 1 aliphatic rings. The highest BCUT2D eigenvalue weighted by molar-refractivity contribution is 6.02. The number of carbonyl (C=O) groups excluding carboxylic acids is 2. The van der Waals surface area contributed by atoms with Gasteiger partial charge < -0.3 is 16.4 Å². The van der Waals surface area contributed by atoms with Crippen molar-refractivity contribution in [3.8, 4) is 0 Å². The van der Waals surface area contributed by atoms with E-state index in [-0.39, 0.29) is 17.0 Å². The Kier molecular flexibility index (Phi) is 6.23. The van der Waals surface area contributed by atoms with Crippen molar-refractivity contribution >= 4 is 28.7 Å². The highest BCUT2D eigenvalue weighted by atomic mass is 19.4. The average molecular weight is 469 g/mol. The summed E-state index contributed by atoms with van der Waals surface area (Å²) in [6.45, 7) is 0.616. The van der Waals surface area contributed by atoms with Crippen LogP contribution >= 0.6 is 0 Å². The van der Waals surface area contributed by atoms with Crippen LogP contribution < -0.4 is 11.5 Å². The van der Waals surface area contributed by atoms with Gasteiger partial charge in [0, 0.05) is 30.2 Å². The predicted molar refractivity (Wildman–Crippen MR) is 121 cm³/mol. The number of alkyl halides is 3. The molecule has 0 spiro atoms. The third-order valence-corrected chi connectivity index (χ3v) is 5.90. The zero-order valence-corrected chi connectivity index (χ0v) is 18.0. The van der Waals surface area contributed by atoms with Gasteiger partial charge in [-0.05, 0) is 48.6 Å². The van der Waals surface area contributed by atoms with E-state index in [9.17, 15) is 22.8 Å². The maximum atomic E-state index is 13.8. The molecule has 0 atom stereocenters. The van der Waals surface area contributed by atoms with Crippen LogP contribution in [0.25, 0.3) is 10.9 Å². The van der Waals surface area contributed by atoms with E-state index < -0.39 is 29.5 Å². The van der Waals surface area contributed by atoms with Crippen LogP contribution in [0.3, 0.4) is 0 Å². The van der Waals surface area contributed by atoms with Crippen LogP contribution in [0.15, 0.2) is 59.7 Å². The number of amides is 2. The quantitative estimate of drug-likeness (QED) is 0.449. The maximum absolute atomic E-state index is 13.8. The Hall–Kier alpha value is -3.95. The average Bonchev–Trinajstić information content (AvgIpc) is 2.82. The Labute approximate surface area is 193 Å². The number of nitrogens with zero attached hydrogens (tertiary/aromatic N) is 3. The lowest BCUT2D eigenvalue weighted by atomic mass is 9.85. The molecule has 2 aromatic carbocycles. The number of halogens is 3. The van der Waals surface area contributed by atoms with E-state index in [1.807, 2.05) is 24.3 Å². The Morgan fingerprint density at radius 2 is 1.71 bits per heavy atom. The van der Waals surface area contributed by atoms with Crippen LogP contribution in [0.5, 0.6) is 0 Å². The fourth-order valence-corrected chi connectivity index (χ4v) is 4.24. The Morgan fingerprint density at radius 1 is 1.00 bits per heavy atom. The summed E-state index contributed by atoms with van der Waals surface area (Å²) in [7, 11) is 0. The number of nitrogens with two attached hydrogens (primary N) is 2. The first-order chi connectivity index (χ1) is 16.1. The number of guanidine groups is 1. The topological polar surface area (TPSA) is 115 Å². The number of rotatable bonds is 3. The molecule has 0 saturated carbocycles. The molecule has 1 aliphatic heterocycles. The second-order valence-electron chi connectivity index (χ2n) is 8.12. The Balaban J connectivity index is 1.52. The lowest BCUT2D eigenvalue weighted by molar-refractivity contribution is -0.138. The van der Waals surface area contributed by atoms with Crippen LogP contribution in [-0.4, -0.2) is 40.7 Å². The minimum atomic E-state index is -4.66. The molecule has 7 nitrogen and oxygen atoms in total. The Morgan fingerprint density at radius 3 is 2.38 bits per heavy atom. The third-order valence-electron chi connectivity index (χ3n) is 5.90. The van der Waals surface area contributed by atoms with Crippen LogP contribution in [0, 0.1) is 0 Å². The van der Waals surface area contributed by atoms with Crippen LogP contribution in [0.2, 0.25) is 0 Å². The van der Waals surface area contributed by atoms with Gasteiger partial charge in [-0.15, -0.1) is 0 Å². The second kappa shape index (κ2) is 9.12. The zero-order chi connectivity index (χ0) is 24.5. The van der Waals surface area contributed by atoms with Crippen molar-refractivity contribution < 1.29 is 22.8 Å². The summed E-state index contributed by atoms with van der Waals surface area (Å²) in [6, 6.07) is 12.6. The van der Waals surface area contributed by atoms with Crippen molar-refractivity contribution in [2.45, 2.75) is 24.9 Å². The summed E-state index contributed by atoms with van der Waals surface area (Å²) in [4.78, 5) is 34.2. The maximum Gasteiger partial charge on any atom is 0.416 e. The van der Waals surface area contributed by atoms with Crippen LogP contribution in [-0.2, 0) is 6.18 Å². The van der Waals surface area contributed by atoms with E-state index >= 15 is 0 Å². The molecule has 2 amide bonds. The van der Waals surface area contributed by atoms with Crippen molar-refractivity contribution in [2.24, 2.45) is 16.5 Å². The molecule has 34 heavy (non-hydrogen) atoms. The lowest BCUT2D eigenvalue weighted by Crippen LogP contribution is -2.38. The summed E-state index contributed by atoms with van der Waals surface area (Å²) in [5.41, 5.74) is 10.5. The summed E-state index contributed by atoms with van der Waals surface area (Å²) >= 11 is 0. The molecule has 1 saturated heterocycles. The summed E-state index contributed by atoms with van der Waals surface area (Å²) in [5, 5.41) is 0.841. The summed E-state index contributed by atoms with van der Waals surface area (Å²) in [6.07, 6.45) is -2.42. The van der Waals surface area contributed by atoms with Gasteiger partial charge >= 0.3 is 6.18 Å². The molecule has 4 rings (SSSR count). The number of aliphatic imine (C=N–C) groups is 1. The van der Waals surface area contributed by atoms with E-state index in [0.29, 0.717) is 31.5 Å². The standard InChI is InChI=1S/C24H22F3N5O2/c25-24(26,27)19-12-16(21(33)31-23(28)29)5-6-18(19)14-7-9-32(10-8-14)22(34)17-11-15-3-1-2-4-20(15)30-13-17/h1-6,11-14H,7-10H2,(H4,28,29,31,33). The number of pyridine rings is 1. The molecule has 0 aliphatic carbocycles. The number of hydrogen-bond donors (Lipinski definition) is 2. The first-order valence-corrected chi connectivity index (χ1v) is 10.6. The van der Waals surface area contributed by atoms with Gasteiger partial charge in [-0.25, -0.2) is 0 Å². The number of aromatic nitrogens is 1. The van der Waals surface area contributed by atoms with Crippen molar-refractivity contribution in [1.29, 1.82) is 0 Å². The molecular formula is C24H22F3N5O2. The summed E-state index contributed by atoms with van der Waals surface area (Å²) in [5.74, 6) is -2.09. The van der Waals surface area contributed by atoms with E-state index in [0.717, 1.165) is 17.0 Å². The van der Waals surface area contributed by atoms with E-state index in [4.69, 9.17) is 11.5 Å². The largest absolute Gasteiger partial charge is 0.416 e. The molecule has 10 heteroatoms. The number of fused-ring (bicyclic) bond motifs is 1. The van der Waals surface area contributed by atoms with Gasteiger partial charge in [0.15, 0.2) is 5.96 Å². The van der Waals surface area contributed by atoms with E-state index in [1.54, 1.807) is 11.0 Å². The molecule has 0 unspecified atom stereocenters. The fourth-order valence-electron chi connectivity index (χ4n) is 4.24. The lowest BCUT2D eigenvalue weighted by Gasteiger charge is -2.33. The fraction of sp³-hybridized carbons (Fsp3) is 0.250. The number of carbonyl (C=O) groups is 2. The van der Waals surface area contributed by atoms with Gasteiger partial charge in [0.25, 0.3) is 11.8 Å². The minimum absolute atomic E-state index is 0.0909. The molecular weight excluding hydrogens is 447 g/mol. The van der Waals surface area contributed by atoms with Gasteiger partial charge in [-0.3, -0.25) is 14.6 Å². The van der Waals surface area contributed by atoms with Crippen molar-refractivity contribution in [3.05, 3.63) is 77.0 Å². The van der Waals surface area contributed by atoms with Gasteiger partial charge in [-0.2, -0.15) is 18.2 Å². The molecule has 1 fully saturated rings. The molecule has 0 radical (unpaired) electrons. The molecule has 0 bridgehead atoms.